The van der Waals surface area contributed by atoms with Crippen molar-refractivity contribution >= 4 is 38.3 Å². The molecule has 1 fully saturated rings. The fraction of sp³-hybridized carbons (Fsp3) is 0.364. The van der Waals surface area contributed by atoms with E-state index in [2.05, 4.69) is 31.2 Å². The van der Waals surface area contributed by atoms with E-state index in [-0.39, 0.29) is 28.2 Å². The van der Waals surface area contributed by atoms with Crippen molar-refractivity contribution in [1.82, 2.24) is 14.9 Å². The molecule has 18 heteroatoms. The standard InChI is InChI=1S/C22H24BrFN4O12/c23-11-1-2-14(13(24)3-11)27-18-12-4-17(40-22(36,37)38)16(5-15(12)25-9-26-18)39-8-10-6-19(29,30)28(21(33,34)35)20(31,32)7-10/h1-5,9-10,29-38H,6-8H2,(H,25,26,27). The lowest BCUT2D eigenvalue weighted by molar-refractivity contribution is -0.541. The second-order valence-electron chi connectivity index (χ2n) is 9.03. The average molecular weight is 635 g/mol. The van der Waals surface area contributed by atoms with Crippen LogP contribution < -0.4 is 14.8 Å². The predicted molar refractivity (Wildman–Crippen MR) is 131 cm³/mol. The van der Waals surface area contributed by atoms with Crippen molar-refractivity contribution in [1.29, 1.82) is 0 Å². The molecule has 0 amide bonds. The number of aliphatic hydroxyl groups is 10. The zero-order chi connectivity index (χ0) is 29.7. The third-order valence-electron chi connectivity index (χ3n) is 5.75. The first-order valence-corrected chi connectivity index (χ1v) is 12.0. The number of benzene rings is 2. The minimum absolute atomic E-state index is 0.0313. The van der Waals surface area contributed by atoms with Gasteiger partial charge in [-0.05, 0) is 24.3 Å². The molecule has 1 saturated heterocycles. The van der Waals surface area contributed by atoms with Gasteiger partial charge in [-0.15, -0.1) is 4.90 Å². The highest BCUT2D eigenvalue weighted by atomic mass is 79.9. The van der Waals surface area contributed by atoms with Gasteiger partial charge < -0.3 is 65.9 Å². The van der Waals surface area contributed by atoms with Gasteiger partial charge in [0, 0.05) is 34.7 Å². The Morgan fingerprint density at radius 1 is 0.975 bits per heavy atom. The van der Waals surface area contributed by atoms with Gasteiger partial charge in [0.05, 0.1) is 17.8 Å². The summed E-state index contributed by atoms with van der Waals surface area (Å²) in [5.41, 5.74) is 0.179. The number of hydrogen-bond donors (Lipinski definition) is 11. The molecule has 11 N–H and O–H groups in total. The van der Waals surface area contributed by atoms with E-state index in [0.29, 0.717) is 4.47 Å². The molecule has 0 bridgehead atoms. The molecule has 0 spiro atoms. The Hall–Kier alpha value is -2.85. The quantitative estimate of drug-likeness (QED) is 0.122. The molecule has 2 heterocycles. The third kappa shape index (κ3) is 6.71. The van der Waals surface area contributed by atoms with Crippen LogP contribution in [0.1, 0.15) is 12.8 Å². The van der Waals surface area contributed by atoms with Crippen LogP contribution in [0.2, 0.25) is 0 Å². The molecule has 1 aliphatic heterocycles. The van der Waals surface area contributed by atoms with E-state index >= 15 is 0 Å². The first-order chi connectivity index (χ1) is 18.4. The molecule has 0 unspecified atom stereocenters. The summed E-state index contributed by atoms with van der Waals surface area (Å²) >= 11 is 3.15. The van der Waals surface area contributed by atoms with Crippen molar-refractivity contribution in [3.63, 3.8) is 0 Å². The molecule has 16 nitrogen and oxygen atoms in total. The maximum atomic E-state index is 14.4. The summed E-state index contributed by atoms with van der Waals surface area (Å²) in [6, 6.07) is 6.52. The number of hydrogen-bond acceptors (Lipinski definition) is 16. The van der Waals surface area contributed by atoms with Gasteiger partial charge in [0.1, 0.15) is 18.0 Å². The Labute approximate surface area is 231 Å². The Morgan fingerprint density at radius 2 is 1.62 bits per heavy atom. The molecule has 0 saturated carbocycles. The number of aromatic nitrogens is 2. The lowest BCUT2D eigenvalue weighted by atomic mass is 9.91. The van der Waals surface area contributed by atoms with Gasteiger partial charge in [0.25, 0.3) is 0 Å². The van der Waals surface area contributed by atoms with Crippen molar-refractivity contribution in [2.24, 2.45) is 5.92 Å². The van der Waals surface area contributed by atoms with Crippen LogP contribution >= 0.6 is 15.9 Å². The summed E-state index contributed by atoms with van der Waals surface area (Å²) in [5, 5.41) is 99.8. The van der Waals surface area contributed by atoms with Crippen LogP contribution in [0.3, 0.4) is 0 Å². The highest BCUT2D eigenvalue weighted by Crippen LogP contribution is 2.41. The Balaban J connectivity index is 1.65. The van der Waals surface area contributed by atoms with Crippen LogP contribution in [-0.2, 0) is 0 Å². The van der Waals surface area contributed by atoms with Crippen molar-refractivity contribution in [2.75, 3.05) is 11.9 Å². The van der Waals surface area contributed by atoms with Crippen LogP contribution in [0.25, 0.3) is 10.9 Å². The lowest BCUT2D eigenvalue weighted by Crippen LogP contribution is -2.73. The number of ether oxygens (including phenoxy) is 2. The van der Waals surface area contributed by atoms with E-state index in [1.165, 1.54) is 18.2 Å². The summed E-state index contributed by atoms with van der Waals surface area (Å²) in [5.74, 6) is -9.22. The predicted octanol–water partition coefficient (Wildman–Crippen LogP) is -1.80. The Morgan fingerprint density at radius 3 is 2.20 bits per heavy atom. The summed E-state index contributed by atoms with van der Waals surface area (Å²) < 4.78 is 25.2. The molecule has 0 radical (unpaired) electrons. The van der Waals surface area contributed by atoms with E-state index in [0.717, 1.165) is 12.4 Å². The number of nitrogens with zero attached hydrogens (tertiary/aromatic N) is 3. The highest BCUT2D eigenvalue weighted by molar-refractivity contribution is 9.10. The van der Waals surface area contributed by atoms with Gasteiger partial charge in [0.2, 0.25) is 11.8 Å². The number of piperidine rings is 1. The van der Waals surface area contributed by atoms with Crippen LogP contribution in [0, 0.1) is 11.7 Å². The number of anilines is 2. The minimum atomic E-state index is -4.02. The molecular formula is C22H24BrFN4O12. The Bertz CT molecular complexity index is 1380. The number of likely N-dealkylation sites (tertiary alicyclic amines) is 1. The number of rotatable bonds is 8. The number of fused-ring (bicyclic) bond motifs is 1. The molecule has 40 heavy (non-hydrogen) atoms. The van der Waals surface area contributed by atoms with Crippen LogP contribution in [-0.4, -0.2) is 96.6 Å². The molecule has 1 aromatic heterocycles. The zero-order valence-electron chi connectivity index (χ0n) is 20.0. The topological polar surface area (TPSA) is 262 Å². The maximum Gasteiger partial charge on any atom is 0.453 e. The van der Waals surface area contributed by atoms with E-state index in [4.69, 9.17) is 9.47 Å². The molecule has 2 aromatic carbocycles. The van der Waals surface area contributed by atoms with Crippen LogP contribution in [0.5, 0.6) is 11.5 Å². The molecule has 218 valence electrons. The van der Waals surface area contributed by atoms with Gasteiger partial charge >= 0.3 is 12.3 Å². The first kappa shape index (κ1) is 30.1. The summed E-state index contributed by atoms with van der Waals surface area (Å²) in [4.78, 5) is 7.57. The SMILES string of the molecule is OC(O)(O)Oc1cc2c(Nc3ccc(Br)cc3F)ncnc2cc1OCC1CC(O)(O)N(C(O)(O)O)C(O)(O)C1. The van der Waals surface area contributed by atoms with Gasteiger partial charge in [-0.3, -0.25) is 0 Å². The molecular weight excluding hydrogens is 611 g/mol. The largest absolute Gasteiger partial charge is 0.489 e. The van der Waals surface area contributed by atoms with E-state index in [9.17, 15) is 55.5 Å². The molecule has 3 aromatic rings. The maximum absolute atomic E-state index is 14.4. The van der Waals surface area contributed by atoms with E-state index < -0.39 is 65.9 Å². The summed E-state index contributed by atoms with van der Waals surface area (Å²) in [6.45, 7) is -0.549. The minimum Gasteiger partial charge on any atom is -0.489 e. The summed E-state index contributed by atoms with van der Waals surface area (Å²) in [7, 11) is 0. The van der Waals surface area contributed by atoms with E-state index in [1.807, 2.05) is 0 Å². The molecule has 0 atom stereocenters. The van der Waals surface area contributed by atoms with Crippen molar-refractivity contribution < 1.29 is 64.9 Å². The molecule has 4 rings (SSSR count). The monoisotopic (exact) mass is 634 g/mol. The number of nitrogens with one attached hydrogen (secondary N) is 1. The molecule has 0 aliphatic carbocycles. The Kier molecular flexibility index (Phi) is 7.92. The number of halogens is 2. The van der Waals surface area contributed by atoms with Crippen molar-refractivity contribution in [2.45, 2.75) is 36.9 Å². The van der Waals surface area contributed by atoms with Gasteiger partial charge in [-0.1, -0.05) is 15.9 Å². The van der Waals surface area contributed by atoms with Crippen molar-refractivity contribution in [3.8, 4) is 11.5 Å². The average Bonchev–Trinajstić information content (AvgIpc) is 2.76. The zero-order valence-corrected chi connectivity index (χ0v) is 21.6. The van der Waals surface area contributed by atoms with Crippen molar-refractivity contribution in [3.05, 3.63) is 46.9 Å². The fourth-order valence-electron chi connectivity index (χ4n) is 4.34. The van der Waals surface area contributed by atoms with Gasteiger partial charge in [0.15, 0.2) is 11.5 Å². The van der Waals surface area contributed by atoms with E-state index in [1.54, 1.807) is 6.07 Å². The smallest absolute Gasteiger partial charge is 0.453 e. The molecule has 1 aliphatic rings. The summed E-state index contributed by atoms with van der Waals surface area (Å²) in [6.07, 6.45) is -8.19. The van der Waals surface area contributed by atoms with Gasteiger partial charge in [-0.25, -0.2) is 14.4 Å². The highest BCUT2D eigenvalue weighted by Gasteiger charge is 2.60. The van der Waals surface area contributed by atoms with Gasteiger partial charge in [-0.2, -0.15) is 0 Å². The fourth-order valence-corrected chi connectivity index (χ4v) is 4.68. The van der Waals surface area contributed by atoms with Crippen LogP contribution in [0.4, 0.5) is 15.9 Å². The first-order valence-electron chi connectivity index (χ1n) is 11.2. The normalized spacial score (nSPS) is 18.1. The second kappa shape index (κ2) is 10.5. The lowest BCUT2D eigenvalue weighted by Gasteiger charge is -2.51. The van der Waals surface area contributed by atoms with Crippen LogP contribution in [0.15, 0.2) is 41.1 Å². The second-order valence-corrected chi connectivity index (χ2v) is 9.95. The third-order valence-corrected chi connectivity index (χ3v) is 6.24.